The summed E-state index contributed by atoms with van der Waals surface area (Å²) in [7, 11) is -6.05. The highest BCUT2D eigenvalue weighted by molar-refractivity contribution is 7.93. The van der Waals surface area contributed by atoms with Gasteiger partial charge in [-0.25, -0.2) is 16.8 Å². The van der Waals surface area contributed by atoms with E-state index < -0.39 is 19.9 Å². The number of anilines is 1. The molecule has 0 N–H and O–H groups in total. The normalized spacial score (nSPS) is 25.3. The van der Waals surface area contributed by atoms with Gasteiger partial charge < -0.3 is 0 Å². The molecule has 2 aliphatic rings. The van der Waals surface area contributed by atoms with E-state index >= 15 is 0 Å². The maximum atomic E-state index is 12.1. The van der Waals surface area contributed by atoms with Gasteiger partial charge in [-0.15, -0.1) is 0 Å². The second kappa shape index (κ2) is 8.74. The molecule has 2 fully saturated rings. The van der Waals surface area contributed by atoms with Gasteiger partial charge in [0.05, 0.1) is 22.4 Å². The van der Waals surface area contributed by atoms with Gasteiger partial charge in [0, 0.05) is 6.54 Å². The van der Waals surface area contributed by atoms with Crippen LogP contribution in [0, 0.1) is 11.8 Å². The molecule has 1 aromatic rings. The van der Waals surface area contributed by atoms with Crippen molar-refractivity contribution in [1.29, 1.82) is 0 Å². The van der Waals surface area contributed by atoms with Crippen molar-refractivity contribution < 1.29 is 16.8 Å². The summed E-state index contributed by atoms with van der Waals surface area (Å²) in [5.74, 6) is 1.58. The van der Waals surface area contributed by atoms with Crippen LogP contribution in [-0.2, 0) is 26.3 Å². The average Bonchev–Trinajstić information content (AvgIpc) is 3.00. The van der Waals surface area contributed by atoms with Crippen LogP contribution in [0.25, 0.3) is 0 Å². The minimum atomic E-state index is -3.12. The number of rotatable bonds is 7. The van der Waals surface area contributed by atoms with E-state index in [2.05, 4.69) is 0 Å². The Labute approximate surface area is 170 Å². The first-order valence-electron chi connectivity index (χ1n) is 10.5. The minimum absolute atomic E-state index is 0.246. The molecule has 0 radical (unpaired) electrons. The van der Waals surface area contributed by atoms with Crippen molar-refractivity contribution >= 4 is 25.5 Å². The largest absolute Gasteiger partial charge is 0.270 e. The number of hydrogen-bond acceptors (Lipinski definition) is 4. The SMILES string of the molecule is CC(C)S(=O)(=O)CC1CCC(CCc2ccc(N3CCCS3(=O)=O)cc2)CC1. The van der Waals surface area contributed by atoms with Gasteiger partial charge in [0.25, 0.3) is 0 Å². The molecular weight excluding hydrogens is 394 g/mol. The van der Waals surface area contributed by atoms with E-state index in [-0.39, 0.29) is 11.0 Å². The lowest BCUT2D eigenvalue weighted by atomic mass is 9.80. The van der Waals surface area contributed by atoms with E-state index in [1.807, 2.05) is 24.3 Å². The van der Waals surface area contributed by atoms with Crippen LogP contribution >= 0.6 is 0 Å². The summed E-state index contributed by atoms with van der Waals surface area (Å²) in [5, 5.41) is -0.274. The topological polar surface area (TPSA) is 71.5 Å². The predicted octanol–water partition coefficient (Wildman–Crippen LogP) is 3.79. The quantitative estimate of drug-likeness (QED) is 0.664. The highest BCUT2D eigenvalue weighted by Gasteiger charge is 2.29. The molecule has 1 aromatic carbocycles. The standard InChI is InChI=1S/C21H33NO4S2/c1-17(2)27(23,24)16-20-8-6-18(7-9-20)4-5-19-10-12-21(13-11-19)22-14-3-15-28(22,25)26/h10-13,17-18,20H,3-9,14-16H2,1-2H3. The van der Waals surface area contributed by atoms with Crippen LogP contribution in [-0.4, -0.2) is 40.1 Å². The zero-order valence-corrected chi connectivity index (χ0v) is 18.6. The summed E-state index contributed by atoms with van der Waals surface area (Å²) in [6.45, 7) is 4.12. The minimum Gasteiger partial charge on any atom is -0.270 e. The zero-order chi connectivity index (χ0) is 20.4. The van der Waals surface area contributed by atoms with Crippen LogP contribution in [0.15, 0.2) is 24.3 Å². The molecule has 0 atom stereocenters. The average molecular weight is 428 g/mol. The molecule has 7 heteroatoms. The molecule has 1 aliphatic heterocycles. The van der Waals surface area contributed by atoms with Crippen LogP contribution in [0.1, 0.15) is 57.9 Å². The summed E-state index contributed by atoms with van der Waals surface area (Å²) < 4.78 is 49.8. The van der Waals surface area contributed by atoms with Crippen LogP contribution in [0.2, 0.25) is 0 Å². The van der Waals surface area contributed by atoms with Crippen molar-refractivity contribution in [3.63, 3.8) is 0 Å². The van der Waals surface area contributed by atoms with E-state index in [4.69, 9.17) is 0 Å². The Balaban J connectivity index is 1.46. The van der Waals surface area contributed by atoms with E-state index in [0.717, 1.165) is 44.2 Å². The Hall–Kier alpha value is -1.08. The monoisotopic (exact) mass is 427 g/mol. The van der Waals surface area contributed by atoms with Crippen LogP contribution < -0.4 is 4.31 Å². The Morgan fingerprint density at radius 1 is 1.04 bits per heavy atom. The Kier molecular flexibility index (Phi) is 6.75. The van der Waals surface area contributed by atoms with Gasteiger partial charge in [-0.05, 0) is 75.5 Å². The third-order valence-corrected chi connectivity index (χ3v) is 10.6. The number of nitrogens with zero attached hydrogens (tertiary/aromatic N) is 1. The smallest absolute Gasteiger partial charge is 0.235 e. The molecule has 5 nitrogen and oxygen atoms in total. The van der Waals surface area contributed by atoms with E-state index in [1.54, 1.807) is 13.8 Å². The molecule has 1 heterocycles. The molecule has 1 saturated carbocycles. The fourth-order valence-electron chi connectivity index (χ4n) is 4.34. The number of hydrogen-bond donors (Lipinski definition) is 0. The second-order valence-electron chi connectivity index (χ2n) is 8.71. The van der Waals surface area contributed by atoms with Crippen LogP contribution in [0.3, 0.4) is 0 Å². The van der Waals surface area contributed by atoms with Crippen molar-refractivity contribution in [1.82, 2.24) is 0 Å². The van der Waals surface area contributed by atoms with Crippen molar-refractivity contribution in [2.75, 3.05) is 22.4 Å². The Morgan fingerprint density at radius 3 is 2.18 bits per heavy atom. The number of aryl methyl sites for hydroxylation is 1. The van der Waals surface area contributed by atoms with Crippen molar-refractivity contribution in [2.24, 2.45) is 11.8 Å². The predicted molar refractivity (Wildman–Crippen MR) is 115 cm³/mol. The van der Waals surface area contributed by atoms with Crippen LogP contribution in [0.5, 0.6) is 0 Å². The van der Waals surface area contributed by atoms with Crippen molar-refractivity contribution in [2.45, 2.75) is 64.0 Å². The molecule has 3 rings (SSSR count). The third kappa shape index (κ3) is 5.29. The summed E-state index contributed by atoms with van der Waals surface area (Å²) in [6, 6.07) is 7.94. The molecular formula is C21H33NO4S2. The molecule has 0 bridgehead atoms. The molecule has 0 amide bonds. The summed E-state index contributed by atoms with van der Waals surface area (Å²) in [4.78, 5) is 0. The molecule has 0 aromatic heterocycles. The van der Waals surface area contributed by atoms with E-state index in [0.29, 0.717) is 30.6 Å². The third-order valence-electron chi connectivity index (χ3n) is 6.32. The molecule has 1 saturated heterocycles. The number of benzene rings is 1. The Morgan fingerprint density at radius 2 is 1.64 bits per heavy atom. The lowest BCUT2D eigenvalue weighted by Crippen LogP contribution is -2.26. The number of sulfonamides is 1. The van der Waals surface area contributed by atoms with Gasteiger partial charge in [0.2, 0.25) is 10.0 Å². The summed E-state index contributed by atoms with van der Waals surface area (Å²) in [5.41, 5.74) is 2.01. The molecule has 28 heavy (non-hydrogen) atoms. The van der Waals surface area contributed by atoms with Gasteiger partial charge in [-0.1, -0.05) is 25.0 Å². The highest BCUT2D eigenvalue weighted by atomic mass is 32.2. The van der Waals surface area contributed by atoms with Crippen molar-refractivity contribution in [3.05, 3.63) is 29.8 Å². The van der Waals surface area contributed by atoms with Gasteiger partial charge in [-0.2, -0.15) is 0 Å². The summed E-state index contributed by atoms with van der Waals surface area (Å²) >= 11 is 0. The van der Waals surface area contributed by atoms with Gasteiger partial charge in [0.1, 0.15) is 0 Å². The van der Waals surface area contributed by atoms with Gasteiger partial charge >= 0.3 is 0 Å². The van der Waals surface area contributed by atoms with Gasteiger partial charge in [0.15, 0.2) is 9.84 Å². The lowest BCUT2D eigenvalue weighted by Gasteiger charge is -2.29. The fourth-order valence-corrected chi connectivity index (χ4v) is 7.28. The molecule has 158 valence electrons. The maximum Gasteiger partial charge on any atom is 0.235 e. The van der Waals surface area contributed by atoms with E-state index in [1.165, 1.54) is 9.87 Å². The highest BCUT2D eigenvalue weighted by Crippen LogP contribution is 2.33. The molecule has 1 aliphatic carbocycles. The molecule has 0 spiro atoms. The first kappa shape index (κ1) is 21.6. The van der Waals surface area contributed by atoms with E-state index in [9.17, 15) is 16.8 Å². The second-order valence-corrected chi connectivity index (χ2v) is 13.3. The first-order valence-corrected chi connectivity index (χ1v) is 13.8. The van der Waals surface area contributed by atoms with Crippen LogP contribution in [0.4, 0.5) is 5.69 Å². The zero-order valence-electron chi connectivity index (χ0n) is 17.0. The summed E-state index contributed by atoms with van der Waals surface area (Å²) in [6.07, 6.45) is 7.07. The Bertz CT molecular complexity index is 852. The lowest BCUT2D eigenvalue weighted by molar-refractivity contribution is 0.278. The van der Waals surface area contributed by atoms with Crippen molar-refractivity contribution in [3.8, 4) is 0 Å². The number of sulfone groups is 1. The van der Waals surface area contributed by atoms with Gasteiger partial charge in [-0.3, -0.25) is 4.31 Å². The maximum absolute atomic E-state index is 12.1. The first-order chi connectivity index (χ1) is 13.2. The fraction of sp³-hybridized carbons (Fsp3) is 0.714. The molecule has 0 unspecified atom stereocenters.